The first-order valence-corrected chi connectivity index (χ1v) is 9.78. The molecule has 1 aromatic heterocycles. The molecule has 1 saturated carbocycles. The van der Waals surface area contributed by atoms with Gasteiger partial charge < -0.3 is 24.6 Å². The fraction of sp³-hybridized carbons (Fsp3) is 0.474. The second-order valence-corrected chi connectivity index (χ2v) is 8.07. The summed E-state index contributed by atoms with van der Waals surface area (Å²) in [6, 6.07) is 0.413. The number of nitrogens with one attached hydrogen (secondary N) is 1. The van der Waals surface area contributed by atoms with Crippen LogP contribution in [-0.2, 0) is 4.74 Å². The Morgan fingerprint density at radius 3 is 2.73 bits per heavy atom. The van der Waals surface area contributed by atoms with Gasteiger partial charge in [-0.15, -0.1) is 12.4 Å². The van der Waals surface area contributed by atoms with Crippen molar-refractivity contribution in [3.05, 3.63) is 38.9 Å². The van der Waals surface area contributed by atoms with Crippen molar-refractivity contribution in [1.29, 1.82) is 0 Å². The van der Waals surface area contributed by atoms with Crippen LogP contribution in [-0.4, -0.2) is 60.2 Å². The van der Waals surface area contributed by atoms with Crippen LogP contribution in [0.1, 0.15) is 22.8 Å². The van der Waals surface area contributed by atoms with Crippen molar-refractivity contribution < 1.29 is 23.4 Å². The summed E-state index contributed by atoms with van der Waals surface area (Å²) in [5.41, 5.74) is -1.10. The molecule has 3 heterocycles. The van der Waals surface area contributed by atoms with Crippen LogP contribution in [0.4, 0.5) is 14.5 Å². The zero-order chi connectivity index (χ0) is 20.4. The molecule has 4 atom stereocenters. The third-order valence-electron chi connectivity index (χ3n) is 5.88. The topological polar surface area (TPSA) is 83.8 Å². The second kappa shape index (κ2) is 7.64. The van der Waals surface area contributed by atoms with E-state index in [0.29, 0.717) is 26.2 Å². The van der Waals surface area contributed by atoms with Crippen LogP contribution < -0.4 is 15.6 Å². The number of carboxylic acids is 1. The van der Waals surface area contributed by atoms with E-state index in [2.05, 4.69) is 5.32 Å². The van der Waals surface area contributed by atoms with Crippen LogP contribution in [0.15, 0.2) is 17.1 Å². The van der Waals surface area contributed by atoms with Crippen LogP contribution in [0.25, 0.3) is 10.9 Å². The smallest absolute Gasteiger partial charge is 0.341 e. The Morgan fingerprint density at radius 2 is 2.10 bits per heavy atom. The summed E-state index contributed by atoms with van der Waals surface area (Å²) in [5, 5.41) is 12.5. The first-order valence-electron chi connectivity index (χ1n) is 9.41. The summed E-state index contributed by atoms with van der Waals surface area (Å²) >= 11 is 6.58. The lowest BCUT2D eigenvalue weighted by molar-refractivity contribution is 0.0212. The van der Waals surface area contributed by atoms with Crippen LogP contribution in [0, 0.1) is 5.82 Å². The number of pyridine rings is 1. The van der Waals surface area contributed by atoms with E-state index in [1.54, 1.807) is 4.90 Å². The molecule has 30 heavy (non-hydrogen) atoms. The summed E-state index contributed by atoms with van der Waals surface area (Å²) in [6.45, 7) is 2.17. The molecule has 0 bridgehead atoms. The molecule has 1 aromatic carbocycles. The van der Waals surface area contributed by atoms with E-state index in [1.807, 2.05) is 0 Å². The molecule has 3 fully saturated rings. The summed E-state index contributed by atoms with van der Waals surface area (Å²) in [6.07, 6.45) is 0.0228. The van der Waals surface area contributed by atoms with Gasteiger partial charge in [0.1, 0.15) is 17.6 Å². The molecule has 2 saturated heterocycles. The minimum absolute atomic E-state index is 0. The molecule has 0 amide bonds. The molecule has 2 N–H and O–H groups in total. The van der Waals surface area contributed by atoms with Crippen LogP contribution >= 0.6 is 24.0 Å². The van der Waals surface area contributed by atoms with Crippen molar-refractivity contribution in [2.45, 2.75) is 30.8 Å². The number of aromatic nitrogens is 1. The average Bonchev–Trinajstić information content (AvgIpc) is 3.24. The van der Waals surface area contributed by atoms with Crippen LogP contribution in [0.2, 0.25) is 5.02 Å². The summed E-state index contributed by atoms with van der Waals surface area (Å²) in [7, 11) is 0. The first-order chi connectivity index (χ1) is 13.9. The van der Waals surface area contributed by atoms with Crippen molar-refractivity contribution >= 4 is 46.6 Å². The number of hydrogen-bond donors (Lipinski definition) is 2. The second-order valence-electron chi connectivity index (χ2n) is 7.70. The lowest BCUT2D eigenvalue weighted by Crippen LogP contribution is -2.47. The van der Waals surface area contributed by atoms with Crippen molar-refractivity contribution in [1.82, 2.24) is 9.88 Å². The Balaban J connectivity index is 0.00000218. The number of aromatic carboxylic acids is 1. The highest BCUT2D eigenvalue weighted by Crippen LogP contribution is 2.44. The average molecular weight is 462 g/mol. The third kappa shape index (κ3) is 3.24. The maximum atomic E-state index is 15.1. The molecule has 0 radical (unpaired) electrons. The number of alkyl halides is 1. The maximum absolute atomic E-state index is 15.1. The zero-order valence-electron chi connectivity index (χ0n) is 15.6. The van der Waals surface area contributed by atoms with E-state index in [1.165, 1.54) is 4.57 Å². The Bertz CT molecular complexity index is 1080. The number of carboxylic acid groups (broad SMARTS) is 1. The number of ether oxygens (including phenoxy) is 1. The quantitative estimate of drug-likeness (QED) is 0.729. The number of morpholine rings is 1. The van der Waals surface area contributed by atoms with Gasteiger partial charge in [0, 0.05) is 32.3 Å². The van der Waals surface area contributed by atoms with Crippen molar-refractivity contribution in [3.8, 4) is 0 Å². The zero-order valence-corrected chi connectivity index (χ0v) is 17.2. The van der Waals surface area contributed by atoms with Gasteiger partial charge >= 0.3 is 5.97 Å². The lowest BCUT2D eigenvalue weighted by atomic mass is 10.1. The normalized spacial score (nSPS) is 27.6. The maximum Gasteiger partial charge on any atom is 0.341 e. The number of rotatable bonds is 3. The largest absolute Gasteiger partial charge is 0.477 e. The Morgan fingerprint density at radius 1 is 1.37 bits per heavy atom. The highest BCUT2D eigenvalue weighted by Gasteiger charge is 2.42. The lowest BCUT2D eigenvalue weighted by Gasteiger charge is -2.25. The minimum atomic E-state index is -1.45. The summed E-state index contributed by atoms with van der Waals surface area (Å²) in [4.78, 5) is 25.9. The van der Waals surface area contributed by atoms with Crippen molar-refractivity contribution in [2.24, 2.45) is 0 Å². The minimum Gasteiger partial charge on any atom is -0.477 e. The number of hydrogen-bond acceptors (Lipinski definition) is 5. The van der Waals surface area contributed by atoms with Crippen molar-refractivity contribution in [2.75, 3.05) is 31.1 Å². The SMILES string of the molecule is Cl.O=C(O)c1cn(C2CC2F)c2c(Cl)c(N3C[C@@H]4NCCO[C@@H]4C3)c(F)cc2c1=O. The monoisotopic (exact) mass is 461 g/mol. The molecule has 2 aliphatic heterocycles. The van der Waals surface area contributed by atoms with Gasteiger partial charge in [-0.2, -0.15) is 0 Å². The van der Waals surface area contributed by atoms with E-state index in [-0.39, 0.29) is 52.6 Å². The van der Waals surface area contributed by atoms with Gasteiger partial charge in [-0.3, -0.25) is 4.79 Å². The molecule has 2 unspecified atom stereocenters. The standard InChI is InChI=1S/C19H18ClF2N3O4.ClH/c20-15-16-8(18(26)9(19(27)28)5-25(16)13-4-10(13)21)3-11(22)17(15)24-6-12-14(7-24)29-2-1-23-12;/h3,5,10,12-14,23H,1-2,4,6-7H2,(H,27,28);1H/t10?,12-,13?,14+;/m0./s1. The Hall–Kier alpha value is -1.94. The highest BCUT2D eigenvalue weighted by molar-refractivity contribution is 6.38. The van der Waals surface area contributed by atoms with Gasteiger partial charge in [-0.1, -0.05) is 11.6 Å². The molecule has 0 spiro atoms. The number of carbonyl (C=O) groups is 1. The number of anilines is 1. The third-order valence-corrected chi connectivity index (χ3v) is 6.23. The molecule has 11 heteroatoms. The summed E-state index contributed by atoms with van der Waals surface area (Å²) < 4.78 is 36.0. The Labute approximate surface area is 181 Å². The number of halogens is 4. The Kier molecular flexibility index (Phi) is 5.42. The van der Waals surface area contributed by atoms with E-state index in [0.717, 1.165) is 12.3 Å². The van der Waals surface area contributed by atoms with E-state index < -0.39 is 35.0 Å². The van der Waals surface area contributed by atoms with Gasteiger partial charge in [0.05, 0.1) is 46.4 Å². The molecule has 2 aromatic rings. The van der Waals surface area contributed by atoms with Crippen LogP contribution in [0.3, 0.4) is 0 Å². The number of benzene rings is 1. The highest BCUT2D eigenvalue weighted by atomic mass is 35.5. The predicted octanol–water partition coefficient (Wildman–Crippen LogP) is 2.37. The molecule has 162 valence electrons. The van der Waals surface area contributed by atoms with E-state index in [9.17, 15) is 19.1 Å². The van der Waals surface area contributed by atoms with Gasteiger partial charge in [0.15, 0.2) is 0 Å². The van der Waals surface area contributed by atoms with Crippen LogP contribution in [0.5, 0.6) is 0 Å². The number of fused-ring (bicyclic) bond motifs is 2. The summed E-state index contributed by atoms with van der Waals surface area (Å²) in [5.74, 6) is -2.17. The van der Waals surface area contributed by atoms with Gasteiger partial charge in [-0.25, -0.2) is 13.6 Å². The molecule has 3 aliphatic rings. The fourth-order valence-corrected chi connectivity index (χ4v) is 4.76. The molecule has 5 rings (SSSR count). The van der Waals surface area contributed by atoms with Gasteiger partial charge in [-0.05, 0) is 6.07 Å². The van der Waals surface area contributed by atoms with Gasteiger partial charge in [0.2, 0.25) is 5.43 Å². The number of nitrogens with zero attached hydrogens (tertiary/aromatic N) is 2. The molecule has 1 aliphatic carbocycles. The molecule has 7 nitrogen and oxygen atoms in total. The van der Waals surface area contributed by atoms with E-state index in [4.69, 9.17) is 16.3 Å². The first kappa shape index (κ1) is 21.3. The molecular weight excluding hydrogens is 443 g/mol. The van der Waals surface area contributed by atoms with Gasteiger partial charge in [0.25, 0.3) is 0 Å². The molecular formula is C19H19Cl2F2N3O4. The fourth-order valence-electron chi connectivity index (χ4n) is 4.35. The predicted molar refractivity (Wildman–Crippen MR) is 110 cm³/mol. The van der Waals surface area contributed by atoms with E-state index >= 15 is 4.39 Å². The van der Waals surface area contributed by atoms with Crippen molar-refractivity contribution in [3.63, 3.8) is 0 Å².